The fraction of sp³-hybridized carbons (Fsp3) is 0.154. The summed E-state index contributed by atoms with van der Waals surface area (Å²) < 4.78 is 11.1. The summed E-state index contributed by atoms with van der Waals surface area (Å²) in [6.07, 6.45) is 3.42. The van der Waals surface area contributed by atoms with Crippen LogP contribution in [-0.2, 0) is 11.2 Å². The van der Waals surface area contributed by atoms with Gasteiger partial charge in [0.1, 0.15) is 0 Å². The van der Waals surface area contributed by atoms with Crippen LogP contribution >= 0.6 is 11.6 Å². The minimum absolute atomic E-state index is 0.0578. The Morgan fingerprint density at radius 1 is 1.03 bits per heavy atom. The lowest BCUT2D eigenvalue weighted by molar-refractivity contribution is -0.118. The number of fused-ring (bicyclic) bond motifs is 1. The number of ether oxygens (including phenoxy) is 2. The fourth-order valence-corrected chi connectivity index (χ4v) is 3.82. The Morgan fingerprint density at radius 2 is 1.81 bits per heavy atom. The van der Waals surface area contributed by atoms with Crippen molar-refractivity contribution in [2.45, 2.75) is 12.8 Å². The van der Waals surface area contributed by atoms with Gasteiger partial charge < -0.3 is 14.8 Å². The van der Waals surface area contributed by atoms with Crippen molar-refractivity contribution in [1.82, 2.24) is 0 Å². The molecule has 0 heterocycles. The number of hydrogen-bond donors (Lipinski definition) is 1. The zero-order valence-electron chi connectivity index (χ0n) is 17.6. The van der Waals surface area contributed by atoms with Crippen molar-refractivity contribution in [1.29, 1.82) is 0 Å². The molecule has 1 amide bonds. The minimum atomic E-state index is -0.335. The number of nitrogens with one attached hydrogen (secondary N) is 1. The molecule has 0 radical (unpaired) electrons. The van der Waals surface area contributed by atoms with Crippen molar-refractivity contribution in [3.05, 3.63) is 94.0 Å². The summed E-state index contributed by atoms with van der Waals surface area (Å²) >= 11 is 6.06. The summed E-state index contributed by atoms with van der Waals surface area (Å²) in [7, 11) is 1.53. The summed E-state index contributed by atoms with van der Waals surface area (Å²) in [6.45, 7) is -0.197. The summed E-state index contributed by atoms with van der Waals surface area (Å²) in [4.78, 5) is 25.0. The third kappa shape index (κ3) is 4.84. The van der Waals surface area contributed by atoms with Gasteiger partial charge >= 0.3 is 0 Å². The van der Waals surface area contributed by atoms with E-state index in [0.29, 0.717) is 28.6 Å². The van der Waals surface area contributed by atoms with Gasteiger partial charge in [0.15, 0.2) is 23.9 Å². The van der Waals surface area contributed by atoms with E-state index >= 15 is 0 Å². The monoisotopic (exact) mass is 447 g/mol. The summed E-state index contributed by atoms with van der Waals surface area (Å²) in [5.74, 6) is 0.637. The molecule has 4 rings (SSSR count). The number of carbonyl (C=O) groups is 2. The molecule has 1 N–H and O–H groups in total. The SMILES string of the molecule is COc1cc(/C=C2/CCc3ccccc3C2=O)ccc1OCC(=O)Nc1ccccc1Cl. The highest BCUT2D eigenvalue weighted by atomic mass is 35.5. The summed E-state index contributed by atoms with van der Waals surface area (Å²) in [5.41, 5.74) is 3.97. The number of para-hydroxylation sites is 1. The van der Waals surface area contributed by atoms with Crippen molar-refractivity contribution in [2.75, 3.05) is 19.0 Å². The molecular weight excluding hydrogens is 426 g/mol. The molecule has 0 aromatic heterocycles. The number of halogens is 1. The second-order valence-corrected chi connectivity index (χ2v) is 7.79. The highest BCUT2D eigenvalue weighted by molar-refractivity contribution is 6.33. The van der Waals surface area contributed by atoms with E-state index in [0.717, 1.165) is 28.7 Å². The van der Waals surface area contributed by atoms with Crippen LogP contribution in [0, 0.1) is 0 Å². The van der Waals surface area contributed by atoms with Crippen LogP contribution in [0.3, 0.4) is 0 Å². The van der Waals surface area contributed by atoms with Gasteiger partial charge in [-0.2, -0.15) is 0 Å². The van der Waals surface area contributed by atoms with Crippen LogP contribution in [0.5, 0.6) is 11.5 Å². The summed E-state index contributed by atoms with van der Waals surface area (Å²) in [5, 5.41) is 3.17. The highest BCUT2D eigenvalue weighted by Gasteiger charge is 2.21. The maximum Gasteiger partial charge on any atom is 0.262 e. The molecule has 0 saturated carbocycles. The van der Waals surface area contributed by atoms with Crippen molar-refractivity contribution in [3.8, 4) is 11.5 Å². The molecule has 1 aliphatic rings. The van der Waals surface area contributed by atoms with E-state index in [-0.39, 0.29) is 18.3 Å². The number of Topliss-reactive ketones (excluding diaryl/α,β-unsaturated/α-hetero) is 1. The molecule has 0 fully saturated rings. The second-order valence-electron chi connectivity index (χ2n) is 7.38. The van der Waals surface area contributed by atoms with Gasteiger partial charge in [0, 0.05) is 11.1 Å². The Bertz CT molecular complexity index is 1200. The molecular formula is C26H22ClNO4. The lowest BCUT2D eigenvalue weighted by atomic mass is 9.86. The van der Waals surface area contributed by atoms with Crippen LogP contribution in [0.15, 0.2) is 72.3 Å². The zero-order chi connectivity index (χ0) is 22.5. The Labute approximate surface area is 191 Å². The topological polar surface area (TPSA) is 64.6 Å². The van der Waals surface area contributed by atoms with Gasteiger partial charge in [-0.25, -0.2) is 0 Å². The molecule has 6 heteroatoms. The van der Waals surface area contributed by atoms with Crippen LogP contribution in [0.1, 0.15) is 27.9 Å². The van der Waals surface area contributed by atoms with Crippen LogP contribution in [0.25, 0.3) is 6.08 Å². The molecule has 0 saturated heterocycles. The number of benzene rings is 3. The quantitative estimate of drug-likeness (QED) is 0.501. The van der Waals surface area contributed by atoms with Crippen LogP contribution in [0.4, 0.5) is 5.69 Å². The smallest absolute Gasteiger partial charge is 0.262 e. The molecule has 1 aliphatic carbocycles. The first-order valence-electron chi connectivity index (χ1n) is 10.2. The van der Waals surface area contributed by atoms with E-state index in [1.54, 1.807) is 36.4 Å². The largest absolute Gasteiger partial charge is 0.493 e. The second kappa shape index (κ2) is 9.71. The number of hydrogen-bond acceptors (Lipinski definition) is 4. The number of carbonyl (C=O) groups excluding carboxylic acids is 2. The molecule has 0 aliphatic heterocycles. The maximum atomic E-state index is 12.8. The van der Waals surface area contributed by atoms with Crippen molar-refractivity contribution >= 4 is 35.1 Å². The Hall–Kier alpha value is -3.57. The first kappa shape index (κ1) is 21.7. The molecule has 0 spiro atoms. The molecule has 162 valence electrons. The molecule has 3 aromatic carbocycles. The minimum Gasteiger partial charge on any atom is -0.493 e. The van der Waals surface area contributed by atoms with Gasteiger partial charge in [-0.15, -0.1) is 0 Å². The van der Waals surface area contributed by atoms with E-state index in [4.69, 9.17) is 21.1 Å². The first-order chi connectivity index (χ1) is 15.5. The highest BCUT2D eigenvalue weighted by Crippen LogP contribution is 2.31. The maximum absolute atomic E-state index is 12.8. The number of methoxy groups -OCH3 is 1. The van der Waals surface area contributed by atoms with E-state index in [1.807, 2.05) is 36.4 Å². The number of aryl methyl sites for hydroxylation is 1. The first-order valence-corrected chi connectivity index (χ1v) is 10.6. The van der Waals surface area contributed by atoms with Crippen molar-refractivity contribution in [3.63, 3.8) is 0 Å². The molecule has 0 atom stereocenters. The molecule has 32 heavy (non-hydrogen) atoms. The van der Waals surface area contributed by atoms with E-state index in [9.17, 15) is 9.59 Å². The Balaban J connectivity index is 1.45. The number of ketones is 1. The standard InChI is InChI=1S/C26H22ClNO4/c1-31-24-15-17(14-19-12-11-18-6-2-3-7-20(18)26(19)30)10-13-23(24)32-16-25(29)28-22-9-5-4-8-21(22)27/h2-10,13-15H,11-12,16H2,1H3,(H,28,29)/b19-14-. The third-order valence-corrected chi connectivity index (χ3v) is 5.58. The average Bonchev–Trinajstić information content (AvgIpc) is 2.81. The Kier molecular flexibility index (Phi) is 6.57. The number of amides is 1. The van der Waals surface area contributed by atoms with E-state index in [1.165, 1.54) is 7.11 Å². The molecule has 0 bridgehead atoms. The van der Waals surface area contributed by atoms with Crippen LogP contribution < -0.4 is 14.8 Å². The predicted molar refractivity (Wildman–Crippen MR) is 126 cm³/mol. The predicted octanol–water partition coefficient (Wildman–Crippen LogP) is 5.58. The number of anilines is 1. The van der Waals surface area contributed by atoms with Gasteiger partial charge in [-0.05, 0) is 54.3 Å². The van der Waals surface area contributed by atoms with E-state index in [2.05, 4.69) is 5.32 Å². The lowest BCUT2D eigenvalue weighted by Crippen LogP contribution is -2.20. The van der Waals surface area contributed by atoms with Crippen molar-refractivity contribution in [2.24, 2.45) is 0 Å². The van der Waals surface area contributed by atoms with Crippen LogP contribution in [0.2, 0.25) is 5.02 Å². The lowest BCUT2D eigenvalue weighted by Gasteiger charge is -2.17. The van der Waals surface area contributed by atoms with Gasteiger partial charge in [-0.3, -0.25) is 9.59 Å². The van der Waals surface area contributed by atoms with Gasteiger partial charge in [0.25, 0.3) is 5.91 Å². The average molecular weight is 448 g/mol. The van der Waals surface area contributed by atoms with Crippen molar-refractivity contribution < 1.29 is 19.1 Å². The number of allylic oxidation sites excluding steroid dienone is 1. The fourth-order valence-electron chi connectivity index (χ4n) is 3.64. The van der Waals surface area contributed by atoms with E-state index < -0.39 is 0 Å². The van der Waals surface area contributed by atoms with Gasteiger partial charge in [-0.1, -0.05) is 54.1 Å². The molecule has 3 aromatic rings. The number of rotatable bonds is 6. The third-order valence-electron chi connectivity index (χ3n) is 5.25. The summed E-state index contributed by atoms with van der Waals surface area (Å²) in [6, 6.07) is 20.1. The molecule has 0 unspecified atom stereocenters. The van der Waals surface area contributed by atoms with Gasteiger partial charge in [0.2, 0.25) is 0 Å². The Morgan fingerprint density at radius 3 is 2.62 bits per heavy atom. The van der Waals surface area contributed by atoms with Gasteiger partial charge in [0.05, 0.1) is 17.8 Å². The van der Waals surface area contributed by atoms with Crippen LogP contribution in [-0.4, -0.2) is 25.4 Å². The normalized spacial score (nSPS) is 14.1. The molecule has 5 nitrogen and oxygen atoms in total. The zero-order valence-corrected chi connectivity index (χ0v) is 18.3.